The van der Waals surface area contributed by atoms with Crippen LogP contribution in [-0.4, -0.2) is 17.3 Å². The molecule has 0 spiro atoms. The van der Waals surface area contributed by atoms with Gasteiger partial charge >= 0.3 is 0 Å². The summed E-state index contributed by atoms with van der Waals surface area (Å²) in [6.07, 6.45) is 7.05. The number of nitrogens with two attached hydrogens (primary N) is 1. The fraction of sp³-hybridized carbons (Fsp3) is 1.00. The molecule has 0 aromatic rings. The Morgan fingerprint density at radius 1 is 1.17 bits per heavy atom. The molecule has 12 heavy (non-hydrogen) atoms. The molecule has 0 amide bonds. The average molecular weight is 169 g/mol. The van der Waals surface area contributed by atoms with Gasteiger partial charge in [-0.1, -0.05) is 6.42 Å². The lowest BCUT2D eigenvalue weighted by atomic mass is 9.69. The summed E-state index contributed by atoms with van der Waals surface area (Å²) in [5.41, 5.74) is 5.17. The Morgan fingerprint density at radius 2 is 1.75 bits per heavy atom. The second-order valence-corrected chi connectivity index (χ2v) is 4.43. The third kappa shape index (κ3) is 1.27. The van der Waals surface area contributed by atoms with E-state index in [9.17, 15) is 5.11 Å². The molecule has 70 valence electrons. The molecule has 0 aliphatic heterocycles. The van der Waals surface area contributed by atoms with Gasteiger partial charge in [-0.15, -0.1) is 0 Å². The summed E-state index contributed by atoms with van der Waals surface area (Å²) in [7, 11) is 0. The maximum Gasteiger partial charge on any atom is 0.0715 e. The third-order valence-corrected chi connectivity index (χ3v) is 3.64. The molecular formula is C10H19NO. The van der Waals surface area contributed by atoms with E-state index in [4.69, 9.17) is 5.73 Å². The normalized spacial score (nSPS) is 29.5. The van der Waals surface area contributed by atoms with Crippen molar-refractivity contribution in [3.8, 4) is 0 Å². The molecule has 0 radical (unpaired) electrons. The van der Waals surface area contributed by atoms with Crippen LogP contribution in [0, 0.1) is 11.8 Å². The highest BCUT2D eigenvalue weighted by Gasteiger charge is 2.49. The summed E-state index contributed by atoms with van der Waals surface area (Å²) in [4.78, 5) is 0. The molecule has 2 heteroatoms. The maximum atomic E-state index is 10.4. The quantitative estimate of drug-likeness (QED) is 0.666. The first-order chi connectivity index (χ1) is 5.77. The van der Waals surface area contributed by atoms with Gasteiger partial charge in [-0.05, 0) is 50.5 Å². The second kappa shape index (κ2) is 3.00. The molecule has 1 unspecified atom stereocenters. The highest BCUT2D eigenvalue weighted by atomic mass is 16.3. The second-order valence-electron chi connectivity index (χ2n) is 4.43. The van der Waals surface area contributed by atoms with Crippen LogP contribution >= 0.6 is 0 Å². The molecule has 2 saturated carbocycles. The van der Waals surface area contributed by atoms with Gasteiger partial charge in [0, 0.05) is 0 Å². The van der Waals surface area contributed by atoms with Crippen LogP contribution in [0.5, 0.6) is 0 Å². The first-order valence-electron chi connectivity index (χ1n) is 5.20. The Kier molecular flexibility index (Phi) is 2.13. The summed E-state index contributed by atoms with van der Waals surface area (Å²) in [6.45, 7) is 0.642. The van der Waals surface area contributed by atoms with Crippen molar-refractivity contribution in [2.24, 2.45) is 17.6 Å². The highest BCUT2D eigenvalue weighted by Crippen LogP contribution is 2.51. The van der Waals surface area contributed by atoms with E-state index >= 15 is 0 Å². The molecule has 0 aromatic heterocycles. The predicted molar refractivity (Wildman–Crippen MR) is 48.7 cm³/mol. The molecule has 2 fully saturated rings. The van der Waals surface area contributed by atoms with Crippen molar-refractivity contribution in [3.63, 3.8) is 0 Å². The van der Waals surface area contributed by atoms with E-state index in [0.29, 0.717) is 18.4 Å². The van der Waals surface area contributed by atoms with Crippen molar-refractivity contribution in [2.75, 3.05) is 6.54 Å². The molecule has 1 atom stereocenters. The topological polar surface area (TPSA) is 46.2 Å². The van der Waals surface area contributed by atoms with Crippen LogP contribution in [-0.2, 0) is 0 Å². The fourth-order valence-corrected chi connectivity index (χ4v) is 2.46. The molecule has 0 bridgehead atoms. The SMILES string of the molecule is NCCC(O)(C1CCC1)C1CC1. The average Bonchev–Trinajstić information content (AvgIpc) is 2.62. The van der Waals surface area contributed by atoms with Gasteiger partial charge < -0.3 is 10.8 Å². The van der Waals surface area contributed by atoms with Gasteiger partial charge in [0.15, 0.2) is 0 Å². The van der Waals surface area contributed by atoms with Crippen LogP contribution < -0.4 is 5.73 Å². The van der Waals surface area contributed by atoms with Crippen molar-refractivity contribution in [2.45, 2.75) is 44.1 Å². The van der Waals surface area contributed by atoms with Crippen LogP contribution in [0.25, 0.3) is 0 Å². The Balaban J connectivity index is 1.98. The Labute approximate surface area is 74.1 Å². The Hall–Kier alpha value is -0.0800. The summed E-state index contributed by atoms with van der Waals surface area (Å²) in [5, 5.41) is 10.4. The van der Waals surface area contributed by atoms with E-state index < -0.39 is 0 Å². The van der Waals surface area contributed by atoms with Crippen LogP contribution in [0.15, 0.2) is 0 Å². The summed E-state index contributed by atoms with van der Waals surface area (Å²) >= 11 is 0. The smallest absolute Gasteiger partial charge is 0.0715 e. The molecule has 0 heterocycles. The molecular weight excluding hydrogens is 150 g/mol. The first-order valence-corrected chi connectivity index (χ1v) is 5.20. The van der Waals surface area contributed by atoms with Gasteiger partial charge in [0.05, 0.1) is 5.60 Å². The number of hydrogen-bond donors (Lipinski definition) is 2. The number of hydrogen-bond acceptors (Lipinski definition) is 2. The molecule has 0 aromatic carbocycles. The number of rotatable bonds is 4. The predicted octanol–water partition coefficient (Wildman–Crippen LogP) is 1.28. The van der Waals surface area contributed by atoms with E-state index in [2.05, 4.69) is 0 Å². The Bertz CT molecular complexity index is 163. The summed E-state index contributed by atoms with van der Waals surface area (Å²) < 4.78 is 0. The zero-order valence-electron chi connectivity index (χ0n) is 7.63. The van der Waals surface area contributed by atoms with Crippen molar-refractivity contribution in [3.05, 3.63) is 0 Å². The van der Waals surface area contributed by atoms with E-state index in [1.54, 1.807) is 0 Å². The summed E-state index contributed by atoms with van der Waals surface area (Å²) in [6, 6.07) is 0. The molecule has 2 aliphatic rings. The van der Waals surface area contributed by atoms with E-state index in [1.165, 1.54) is 32.1 Å². The van der Waals surface area contributed by atoms with E-state index in [0.717, 1.165) is 6.42 Å². The Morgan fingerprint density at radius 3 is 2.08 bits per heavy atom. The van der Waals surface area contributed by atoms with Gasteiger partial charge in [0.25, 0.3) is 0 Å². The van der Waals surface area contributed by atoms with Crippen LogP contribution in [0.2, 0.25) is 0 Å². The standard InChI is InChI=1S/C10H19NO/c11-7-6-10(12,9-4-5-9)8-2-1-3-8/h8-9,12H,1-7,11H2. The van der Waals surface area contributed by atoms with E-state index in [1.807, 2.05) is 0 Å². The van der Waals surface area contributed by atoms with Gasteiger partial charge in [0.2, 0.25) is 0 Å². The molecule has 2 aliphatic carbocycles. The zero-order chi connectivity index (χ0) is 8.60. The van der Waals surface area contributed by atoms with Crippen molar-refractivity contribution < 1.29 is 5.11 Å². The van der Waals surface area contributed by atoms with Crippen LogP contribution in [0.1, 0.15) is 38.5 Å². The van der Waals surface area contributed by atoms with Gasteiger partial charge in [-0.2, -0.15) is 0 Å². The minimum absolute atomic E-state index is 0.368. The molecule has 2 rings (SSSR count). The molecule has 3 N–H and O–H groups in total. The highest BCUT2D eigenvalue weighted by molar-refractivity contribution is 5.01. The molecule has 2 nitrogen and oxygen atoms in total. The van der Waals surface area contributed by atoms with Gasteiger partial charge in [0.1, 0.15) is 0 Å². The fourth-order valence-electron chi connectivity index (χ4n) is 2.46. The minimum Gasteiger partial charge on any atom is -0.389 e. The zero-order valence-corrected chi connectivity index (χ0v) is 7.63. The lowest BCUT2D eigenvalue weighted by molar-refractivity contribution is -0.0730. The van der Waals surface area contributed by atoms with Gasteiger partial charge in [-0.25, -0.2) is 0 Å². The largest absolute Gasteiger partial charge is 0.389 e. The summed E-state index contributed by atoms with van der Waals surface area (Å²) in [5.74, 6) is 1.17. The monoisotopic (exact) mass is 169 g/mol. The lowest BCUT2D eigenvalue weighted by Gasteiger charge is -2.42. The number of aliphatic hydroxyl groups is 1. The van der Waals surface area contributed by atoms with Crippen LogP contribution in [0.4, 0.5) is 0 Å². The van der Waals surface area contributed by atoms with Crippen molar-refractivity contribution in [1.29, 1.82) is 0 Å². The lowest BCUT2D eigenvalue weighted by Crippen LogP contribution is -2.45. The van der Waals surface area contributed by atoms with Gasteiger partial charge in [-0.3, -0.25) is 0 Å². The third-order valence-electron chi connectivity index (χ3n) is 3.64. The van der Waals surface area contributed by atoms with Crippen molar-refractivity contribution >= 4 is 0 Å². The molecule has 0 saturated heterocycles. The van der Waals surface area contributed by atoms with Crippen LogP contribution in [0.3, 0.4) is 0 Å². The maximum absolute atomic E-state index is 10.4. The minimum atomic E-state index is -0.368. The first kappa shape index (κ1) is 8.52. The van der Waals surface area contributed by atoms with Crippen molar-refractivity contribution in [1.82, 2.24) is 0 Å². The van der Waals surface area contributed by atoms with E-state index in [-0.39, 0.29) is 5.60 Å².